The third kappa shape index (κ3) is 8.89. The number of benzene rings is 2. The van der Waals surface area contributed by atoms with E-state index in [9.17, 15) is 14.4 Å². The molecule has 3 rings (SSSR count). The van der Waals surface area contributed by atoms with Crippen LogP contribution in [0.5, 0.6) is 5.75 Å². The fourth-order valence-corrected chi connectivity index (χ4v) is 5.00. The zero-order valence-electron chi connectivity index (χ0n) is 23.2. The first-order valence-electron chi connectivity index (χ1n) is 14.0. The largest absolute Gasteiger partial charge is 0.497 e. The molecule has 2 aromatic rings. The van der Waals surface area contributed by atoms with Crippen LogP contribution in [0.25, 0.3) is 0 Å². The van der Waals surface area contributed by atoms with Crippen molar-refractivity contribution in [2.24, 2.45) is 0 Å². The molecule has 0 bridgehead atoms. The third-order valence-corrected chi connectivity index (χ3v) is 7.19. The first-order chi connectivity index (χ1) is 18.4. The second-order valence-corrected chi connectivity index (χ2v) is 10.2. The molecule has 7 heteroatoms. The molecule has 206 valence electrons. The molecular formula is C31H43N3O4. The number of rotatable bonds is 13. The number of hydrogen-bond donors (Lipinski definition) is 1. The number of ether oxygens (including phenoxy) is 1. The van der Waals surface area contributed by atoms with Crippen molar-refractivity contribution in [3.05, 3.63) is 65.7 Å². The Morgan fingerprint density at radius 1 is 0.947 bits per heavy atom. The molecule has 1 saturated heterocycles. The fourth-order valence-electron chi connectivity index (χ4n) is 5.00. The van der Waals surface area contributed by atoms with Gasteiger partial charge in [0.2, 0.25) is 17.7 Å². The summed E-state index contributed by atoms with van der Waals surface area (Å²) in [5.74, 6) is 0.606. The molecule has 1 fully saturated rings. The molecule has 2 unspecified atom stereocenters. The van der Waals surface area contributed by atoms with E-state index in [1.165, 1.54) is 19.3 Å². The van der Waals surface area contributed by atoms with Gasteiger partial charge < -0.3 is 19.9 Å². The normalized spacial score (nSPS) is 16.1. The second kappa shape index (κ2) is 15.2. The molecule has 38 heavy (non-hydrogen) atoms. The molecule has 0 spiro atoms. The standard InChI is InChI=1S/C31H43N3O4/c1-4-5-6-7-11-14-30(36)34-20-19-33(23-24(34)2)31(37)28(21-25-12-9-8-10-13-25)32-29(35)22-26-15-17-27(38-3)18-16-26/h8-10,12-13,15-18,24,28H,4-7,11,14,19-23H2,1-3H3,(H,32,35). The van der Waals surface area contributed by atoms with Crippen LogP contribution in [0.15, 0.2) is 54.6 Å². The molecule has 0 aliphatic carbocycles. The van der Waals surface area contributed by atoms with Crippen molar-refractivity contribution in [1.82, 2.24) is 15.1 Å². The number of nitrogens with one attached hydrogen (secondary N) is 1. The summed E-state index contributed by atoms with van der Waals surface area (Å²) in [5, 5.41) is 2.99. The SMILES string of the molecule is CCCCCCCC(=O)N1CCN(C(=O)C(Cc2ccccc2)NC(=O)Cc2ccc(OC)cc2)CC1C. The molecule has 7 nitrogen and oxygen atoms in total. The molecule has 1 aliphatic rings. The van der Waals surface area contributed by atoms with Crippen molar-refractivity contribution < 1.29 is 19.1 Å². The van der Waals surface area contributed by atoms with Gasteiger partial charge in [-0.3, -0.25) is 14.4 Å². The molecule has 2 aromatic carbocycles. The van der Waals surface area contributed by atoms with Gasteiger partial charge in [0.1, 0.15) is 11.8 Å². The van der Waals surface area contributed by atoms with E-state index in [1.54, 1.807) is 12.0 Å². The molecule has 2 atom stereocenters. The lowest BCUT2D eigenvalue weighted by Gasteiger charge is -2.41. The van der Waals surface area contributed by atoms with Crippen LogP contribution >= 0.6 is 0 Å². The molecule has 0 radical (unpaired) electrons. The smallest absolute Gasteiger partial charge is 0.245 e. The van der Waals surface area contributed by atoms with Crippen LogP contribution in [-0.2, 0) is 27.2 Å². The lowest BCUT2D eigenvalue weighted by molar-refractivity contribution is -0.144. The van der Waals surface area contributed by atoms with Crippen LogP contribution in [0.4, 0.5) is 0 Å². The minimum absolute atomic E-state index is 0.0526. The maximum absolute atomic E-state index is 13.7. The van der Waals surface area contributed by atoms with E-state index >= 15 is 0 Å². The average Bonchev–Trinajstić information content (AvgIpc) is 2.93. The number of methoxy groups -OCH3 is 1. The Balaban J connectivity index is 1.60. The predicted octanol–water partition coefficient (Wildman–Crippen LogP) is 4.39. The highest BCUT2D eigenvalue weighted by Gasteiger charge is 2.33. The zero-order chi connectivity index (χ0) is 27.3. The molecule has 1 aliphatic heterocycles. The van der Waals surface area contributed by atoms with Crippen LogP contribution in [0.2, 0.25) is 0 Å². The first-order valence-corrected chi connectivity index (χ1v) is 14.0. The number of amides is 3. The summed E-state index contributed by atoms with van der Waals surface area (Å²) in [4.78, 5) is 43.1. The third-order valence-electron chi connectivity index (χ3n) is 7.19. The number of unbranched alkanes of at least 4 members (excludes halogenated alkanes) is 4. The summed E-state index contributed by atoms with van der Waals surface area (Å²) in [7, 11) is 1.60. The van der Waals surface area contributed by atoms with Crippen LogP contribution in [0, 0.1) is 0 Å². The number of hydrogen-bond acceptors (Lipinski definition) is 4. The number of carbonyl (C=O) groups excluding carboxylic acids is 3. The Morgan fingerprint density at radius 2 is 1.66 bits per heavy atom. The summed E-state index contributed by atoms with van der Waals surface area (Å²) >= 11 is 0. The van der Waals surface area contributed by atoms with Gasteiger partial charge in [0, 0.05) is 38.5 Å². The topological polar surface area (TPSA) is 79.0 Å². The van der Waals surface area contributed by atoms with Crippen molar-refractivity contribution in [3.63, 3.8) is 0 Å². The number of piperazine rings is 1. The van der Waals surface area contributed by atoms with Crippen LogP contribution in [-0.4, -0.2) is 66.3 Å². The highest BCUT2D eigenvalue weighted by atomic mass is 16.5. The van der Waals surface area contributed by atoms with Crippen LogP contribution < -0.4 is 10.1 Å². The summed E-state index contributed by atoms with van der Waals surface area (Å²) in [5.41, 5.74) is 1.84. The van der Waals surface area contributed by atoms with Gasteiger partial charge in [0.15, 0.2) is 0 Å². The van der Waals surface area contributed by atoms with Crippen LogP contribution in [0.3, 0.4) is 0 Å². The summed E-state index contributed by atoms with van der Waals surface area (Å²) in [6, 6.07) is 16.4. The van der Waals surface area contributed by atoms with Crippen molar-refractivity contribution in [2.75, 3.05) is 26.7 Å². The van der Waals surface area contributed by atoms with Gasteiger partial charge in [-0.05, 0) is 36.6 Å². The molecule has 0 saturated carbocycles. The molecule has 3 amide bonds. The second-order valence-electron chi connectivity index (χ2n) is 10.2. The highest BCUT2D eigenvalue weighted by molar-refractivity contribution is 5.89. The van der Waals surface area contributed by atoms with Crippen molar-refractivity contribution in [2.45, 2.75) is 77.3 Å². The van der Waals surface area contributed by atoms with E-state index in [4.69, 9.17) is 4.74 Å². The maximum Gasteiger partial charge on any atom is 0.245 e. The predicted molar refractivity (Wildman–Crippen MR) is 150 cm³/mol. The lowest BCUT2D eigenvalue weighted by atomic mass is 10.0. The van der Waals surface area contributed by atoms with Gasteiger partial charge in [-0.25, -0.2) is 0 Å². The molecule has 1 N–H and O–H groups in total. The van der Waals surface area contributed by atoms with Gasteiger partial charge >= 0.3 is 0 Å². The van der Waals surface area contributed by atoms with E-state index in [2.05, 4.69) is 12.2 Å². The van der Waals surface area contributed by atoms with Gasteiger partial charge in [-0.1, -0.05) is 75.1 Å². The van der Waals surface area contributed by atoms with Gasteiger partial charge in [0.05, 0.1) is 13.5 Å². The minimum Gasteiger partial charge on any atom is -0.497 e. The van der Waals surface area contributed by atoms with Crippen molar-refractivity contribution >= 4 is 17.7 Å². The Morgan fingerprint density at radius 3 is 2.32 bits per heavy atom. The Labute approximate surface area is 227 Å². The summed E-state index contributed by atoms with van der Waals surface area (Å²) < 4.78 is 5.19. The monoisotopic (exact) mass is 521 g/mol. The molecule has 1 heterocycles. The minimum atomic E-state index is -0.670. The van der Waals surface area contributed by atoms with Crippen LogP contribution in [0.1, 0.15) is 63.5 Å². The van der Waals surface area contributed by atoms with E-state index in [0.29, 0.717) is 32.5 Å². The first kappa shape index (κ1) is 29.2. The Kier molecular flexibility index (Phi) is 11.7. The van der Waals surface area contributed by atoms with Crippen molar-refractivity contribution in [3.8, 4) is 5.75 Å². The Bertz CT molecular complexity index is 1030. The maximum atomic E-state index is 13.7. The summed E-state index contributed by atoms with van der Waals surface area (Å²) in [6.07, 6.45) is 6.75. The molecular weight excluding hydrogens is 478 g/mol. The van der Waals surface area contributed by atoms with E-state index < -0.39 is 6.04 Å². The van der Waals surface area contributed by atoms with Gasteiger partial charge in [0.25, 0.3) is 0 Å². The van der Waals surface area contributed by atoms with E-state index in [-0.39, 0.29) is 30.2 Å². The van der Waals surface area contributed by atoms with E-state index in [1.807, 2.05) is 66.4 Å². The number of carbonyl (C=O) groups is 3. The fraction of sp³-hybridized carbons (Fsp3) is 0.516. The average molecular weight is 522 g/mol. The highest BCUT2D eigenvalue weighted by Crippen LogP contribution is 2.17. The number of nitrogens with zero attached hydrogens (tertiary/aromatic N) is 2. The van der Waals surface area contributed by atoms with Crippen molar-refractivity contribution in [1.29, 1.82) is 0 Å². The Hall–Kier alpha value is -3.35. The summed E-state index contributed by atoms with van der Waals surface area (Å²) in [6.45, 7) is 5.66. The van der Waals surface area contributed by atoms with Gasteiger partial charge in [-0.15, -0.1) is 0 Å². The quantitative estimate of drug-likeness (QED) is 0.397. The molecule has 0 aromatic heterocycles. The lowest BCUT2D eigenvalue weighted by Crippen LogP contribution is -2.59. The van der Waals surface area contributed by atoms with Gasteiger partial charge in [-0.2, -0.15) is 0 Å². The zero-order valence-corrected chi connectivity index (χ0v) is 23.2. The van der Waals surface area contributed by atoms with E-state index in [0.717, 1.165) is 29.7 Å².